The van der Waals surface area contributed by atoms with Crippen LogP contribution in [0, 0.1) is 5.82 Å². The zero-order valence-corrected chi connectivity index (χ0v) is 8.96. The first-order valence-electron chi connectivity index (χ1n) is 5.64. The first-order chi connectivity index (χ1) is 7.84. The number of rotatable bonds is 1. The molecule has 4 heteroatoms. The van der Waals surface area contributed by atoms with Gasteiger partial charge >= 0.3 is 0 Å². The molecule has 0 bridgehead atoms. The zero-order valence-electron chi connectivity index (χ0n) is 8.96. The third-order valence-corrected chi connectivity index (χ3v) is 3.16. The van der Waals surface area contributed by atoms with Gasteiger partial charge in [0.05, 0.1) is 0 Å². The monoisotopic (exact) mass is 223 g/mol. The Morgan fingerprint density at radius 2 is 1.94 bits per heavy atom. The van der Waals surface area contributed by atoms with Crippen molar-refractivity contribution in [3.8, 4) is 11.5 Å². The van der Waals surface area contributed by atoms with Crippen molar-refractivity contribution in [3.63, 3.8) is 0 Å². The lowest BCUT2D eigenvalue weighted by Crippen LogP contribution is -2.16. The van der Waals surface area contributed by atoms with Crippen molar-refractivity contribution >= 4 is 0 Å². The highest BCUT2D eigenvalue weighted by atomic mass is 19.1. The smallest absolute Gasteiger partial charge is 0.164 e. The number of ether oxygens (including phenoxy) is 2. The number of hydrogen-bond acceptors (Lipinski definition) is 3. The number of fused-ring (bicyclic) bond motifs is 1. The van der Waals surface area contributed by atoms with E-state index in [9.17, 15) is 4.39 Å². The summed E-state index contributed by atoms with van der Waals surface area (Å²) in [6, 6.07) is 3.24. The molecular formula is C12H14FNO2. The second-order valence-electron chi connectivity index (χ2n) is 4.21. The van der Waals surface area contributed by atoms with E-state index in [1.54, 1.807) is 6.07 Å². The van der Waals surface area contributed by atoms with Gasteiger partial charge in [-0.1, -0.05) is 0 Å². The minimum atomic E-state index is -0.182. The van der Waals surface area contributed by atoms with Gasteiger partial charge in [-0.25, -0.2) is 4.39 Å². The minimum absolute atomic E-state index is 0.182. The molecule has 1 unspecified atom stereocenters. The Morgan fingerprint density at radius 3 is 2.62 bits per heavy atom. The Hall–Kier alpha value is -1.29. The molecule has 1 N–H and O–H groups in total. The largest absolute Gasteiger partial charge is 0.486 e. The first-order valence-corrected chi connectivity index (χ1v) is 5.64. The molecule has 0 aromatic heterocycles. The number of benzene rings is 1. The summed E-state index contributed by atoms with van der Waals surface area (Å²) in [6.45, 7) is 2.84. The van der Waals surface area contributed by atoms with Crippen LogP contribution in [0.2, 0.25) is 0 Å². The number of hydrogen-bond donors (Lipinski definition) is 1. The van der Waals surface area contributed by atoms with E-state index in [-0.39, 0.29) is 11.7 Å². The van der Waals surface area contributed by atoms with Gasteiger partial charge in [0.1, 0.15) is 19.0 Å². The predicted molar refractivity (Wildman–Crippen MR) is 57.6 cm³/mol. The highest BCUT2D eigenvalue weighted by molar-refractivity contribution is 5.45. The van der Waals surface area contributed by atoms with Crippen molar-refractivity contribution < 1.29 is 13.9 Å². The van der Waals surface area contributed by atoms with Crippen LogP contribution in [0.15, 0.2) is 12.1 Å². The highest BCUT2D eigenvalue weighted by Gasteiger charge is 2.23. The molecule has 0 saturated carbocycles. The Kier molecular flexibility index (Phi) is 2.44. The van der Waals surface area contributed by atoms with Crippen LogP contribution < -0.4 is 14.8 Å². The Morgan fingerprint density at radius 1 is 1.19 bits per heavy atom. The van der Waals surface area contributed by atoms with Crippen LogP contribution >= 0.6 is 0 Å². The van der Waals surface area contributed by atoms with Crippen LogP contribution in [0.3, 0.4) is 0 Å². The molecule has 0 amide bonds. The van der Waals surface area contributed by atoms with Crippen LogP contribution in [-0.4, -0.2) is 26.3 Å². The first kappa shape index (κ1) is 9.90. The van der Waals surface area contributed by atoms with Gasteiger partial charge in [-0.3, -0.25) is 0 Å². The van der Waals surface area contributed by atoms with Crippen molar-refractivity contribution in [2.24, 2.45) is 0 Å². The standard InChI is InChI=1S/C12H14FNO2/c13-10-6-12-11(15-3-4-16-12)5-9(10)8-1-2-14-7-8/h5-6,8,14H,1-4,7H2. The second-order valence-corrected chi connectivity index (χ2v) is 4.21. The Balaban J connectivity index is 1.98. The molecule has 2 aliphatic rings. The van der Waals surface area contributed by atoms with Gasteiger partial charge in [-0.05, 0) is 24.6 Å². The van der Waals surface area contributed by atoms with E-state index in [1.165, 1.54) is 6.07 Å². The lowest BCUT2D eigenvalue weighted by Gasteiger charge is -2.20. The summed E-state index contributed by atoms with van der Waals surface area (Å²) in [5.74, 6) is 1.28. The molecule has 0 radical (unpaired) electrons. The molecule has 1 fully saturated rings. The average Bonchev–Trinajstić information content (AvgIpc) is 2.81. The third-order valence-electron chi connectivity index (χ3n) is 3.16. The Bertz CT molecular complexity index is 402. The molecule has 16 heavy (non-hydrogen) atoms. The van der Waals surface area contributed by atoms with E-state index >= 15 is 0 Å². The molecular weight excluding hydrogens is 209 g/mol. The Labute approximate surface area is 93.6 Å². The molecule has 1 aromatic rings. The van der Waals surface area contributed by atoms with Gasteiger partial charge < -0.3 is 14.8 Å². The molecule has 2 heterocycles. The summed E-state index contributed by atoms with van der Waals surface area (Å²) in [5, 5.41) is 3.24. The van der Waals surface area contributed by atoms with Gasteiger partial charge in [-0.15, -0.1) is 0 Å². The minimum Gasteiger partial charge on any atom is -0.486 e. The molecule has 3 rings (SSSR count). The van der Waals surface area contributed by atoms with E-state index in [2.05, 4.69) is 5.32 Å². The topological polar surface area (TPSA) is 30.5 Å². The summed E-state index contributed by atoms with van der Waals surface area (Å²) in [5.41, 5.74) is 0.745. The number of nitrogens with one attached hydrogen (secondary N) is 1. The molecule has 1 atom stereocenters. The van der Waals surface area contributed by atoms with Crippen molar-refractivity contribution in [2.45, 2.75) is 12.3 Å². The molecule has 1 aromatic carbocycles. The molecule has 0 spiro atoms. The van der Waals surface area contributed by atoms with E-state index in [4.69, 9.17) is 9.47 Å². The average molecular weight is 223 g/mol. The third kappa shape index (κ3) is 1.63. The van der Waals surface area contributed by atoms with Gasteiger partial charge in [0, 0.05) is 18.5 Å². The van der Waals surface area contributed by atoms with Crippen LogP contribution in [-0.2, 0) is 0 Å². The van der Waals surface area contributed by atoms with Crippen LogP contribution in [0.4, 0.5) is 4.39 Å². The summed E-state index contributed by atoms with van der Waals surface area (Å²) in [4.78, 5) is 0. The normalized spacial score (nSPS) is 23.4. The lowest BCUT2D eigenvalue weighted by molar-refractivity contribution is 0.170. The van der Waals surface area contributed by atoms with E-state index in [0.29, 0.717) is 24.7 Å². The quantitative estimate of drug-likeness (QED) is 0.785. The van der Waals surface area contributed by atoms with Gasteiger partial charge in [0.15, 0.2) is 11.5 Å². The van der Waals surface area contributed by atoms with Crippen molar-refractivity contribution in [1.82, 2.24) is 5.32 Å². The highest BCUT2D eigenvalue weighted by Crippen LogP contribution is 2.36. The maximum absolute atomic E-state index is 13.9. The lowest BCUT2D eigenvalue weighted by atomic mass is 9.97. The van der Waals surface area contributed by atoms with E-state index in [1.807, 2.05) is 0 Å². The van der Waals surface area contributed by atoms with E-state index < -0.39 is 0 Å². The molecule has 1 saturated heterocycles. The maximum Gasteiger partial charge on any atom is 0.164 e. The molecule has 0 aliphatic carbocycles. The van der Waals surface area contributed by atoms with Crippen LogP contribution in [0.5, 0.6) is 11.5 Å². The van der Waals surface area contributed by atoms with Crippen LogP contribution in [0.1, 0.15) is 17.9 Å². The van der Waals surface area contributed by atoms with Gasteiger partial charge in [-0.2, -0.15) is 0 Å². The second kappa shape index (κ2) is 3.94. The number of halogens is 1. The van der Waals surface area contributed by atoms with E-state index in [0.717, 1.165) is 25.1 Å². The van der Waals surface area contributed by atoms with Gasteiger partial charge in [0.25, 0.3) is 0 Å². The fourth-order valence-corrected chi connectivity index (χ4v) is 2.31. The van der Waals surface area contributed by atoms with Crippen LogP contribution in [0.25, 0.3) is 0 Å². The maximum atomic E-state index is 13.9. The SMILES string of the molecule is Fc1cc2c(cc1C1CCNC1)OCCO2. The van der Waals surface area contributed by atoms with Gasteiger partial charge in [0.2, 0.25) is 0 Å². The molecule has 86 valence electrons. The summed E-state index contributed by atoms with van der Waals surface area (Å²) in [6.07, 6.45) is 0.983. The fourth-order valence-electron chi connectivity index (χ4n) is 2.31. The summed E-state index contributed by atoms with van der Waals surface area (Å²) < 4.78 is 24.7. The van der Waals surface area contributed by atoms with Crippen molar-refractivity contribution in [2.75, 3.05) is 26.3 Å². The predicted octanol–water partition coefficient (Wildman–Crippen LogP) is 1.67. The zero-order chi connectivity index (χ0) is 11.0. The fraction of sp³-hybridized carbons (Fsp3) is 0.500. The summed E-state index contributed by atoms with van der Waals surface area (Å²) in [7, 11) is 0. The van der Waals surface area contributed by atoms with Crippen molar-refractivity contribution in [1.29, 1.82) is 0 Å². The molecule has 3 nitrogen and oxygen atoms in total. The van der Waals surface area contributed by atoms with Crippen molar-refractivity contribution in [3.05, 3.63) is 23.5 Å². The molecule has 2 aliphatic heterocycles. The summed E-state index contributed by atoms with van der Waals surface area (Å²) >= 11 is 0.